The Morgan fingerprint density at radius 1 is 0.788 bits per heavy atom. The Labute approximate surface area is 195 Å². The average molecular weight is 440 g/mol. The van der Waals surface area contributed by atoms with Gasteiger partial charge in [-0.1, -0.05) is 42.0 Å². The molecule has 1 aliphatic rings. The second-order valence-corrected chi connectivity index (χ2v) is 8.24. The fourth-order valence-electron chi connectivity index (χ4n) is 4.14. The minimum absolute atomic E-state index is 0.294. The van der Waals surface area contributed by atoms with E-state index in [0.717, 1.165) is 41.2 Å². The van der Waals surface area contributed by atoms with Gasteiger partial charge in [-0.25, -0.2) is 4.90 Å². The Morgan fingerprint density at radius 2 is 1.45 bits per heavy atom. The van der Waals surface area contributed by atoms with Gasteiger partial charge in [0.15, 0.2) is 0 Å². The molecule has 0 saturated carbocycles. The predicted octanol–water partition coefficient (Wildman–Crippen LogP) is 5.55. The van der Waals surface area contributed by atoms with Crippen molar-refractivity contribution in [1.29, 1.82) is 0 Å². The molecule has 168 valence electrons. The van der Waals surface area contributed by atoms with E-state index in [9.17, 15) is 9.59 Å². The summed E-state index contributed by atoms with van der Waals surface area (Å²) in [7, 11) is 0. The number of hydrogen-bond donors (Lipinski definition) is 1. The summed E-state index contributed by atoms with van der Waals surface area (Å²) >= 11 is 0. The number of hydrogen-bond acceptors (Lipinski definition) is 4. The molecule has 0 bridgehead atoms. The van der Waals surface area contributed by atoms with Crippen LogP contribution in [-0.4, -0.2) is 24.9 Å². The molecule has 3 aromatic rings. The van der Waals surface area contributed by atoms with E-state index in [1.165, 1.54) is 4.90 Å². The SMILES string of the molecule is CCN(CC)c1ccc(N2C(=O)C(Nc3cccc(C)c3)=C(c3ccc(C)cc3)C2=O)cc1. The van der Waals surface area contributed by atoms with Crippen molar-refractivity contribution in [2.45, 2.75) is 27.7 Å². The Balaban J connectivity index is 1.75. The zero-order valence-electron chi connectivity index (χ0n) is 19.6. The number of carbonyl (C=O) groups is 2. The van der Waals surface area contributed by atoms with Crippen molar-refractivity contribution in [1.82, 2.24) is 0 Å². The van der Waals surface area contributed by atoms with Crippen molar-refractivity contribution in [2.75, 3.05) is 28.2 Å². The first-order chi connectivity index (χ1) is 15.9. The molecule has 4 rings (SSSR count). The fourth-order valence-corrected chi connectivity index (χ4v) is 4.14. The van der Waals surface area contributed by atoms with Crippen molar-refractivity contribution in [2.24, 2.45) is 0 Å². The third-order valence-electron chi connectivity index (χ3n) is 5.95. The zero-order chi connectivity index (χ0) is 23.5. The zero-order valence-corrected chi connectivity index (χ0v) is 19.6. The monoisotopic (exact) mass is 439 g/mol. The molecule has 1 heterocycles. The van der Waals surface area contributed by atoms with Crippen molar-refractivity contribution >= 4 is 34.4 Å². The number of carbonyl (C=O) groups excluding carboxylic acids is 2. The topological polar surface area (TPSA) is 52.6 Å². The van der Waals surface area contributed by atoms with Crippen LogP contribution in [0, 0.1) is 13.8 Å². The lowest BCUT2D eigenvalue weighted by atomic mass is 10.0. The largest absolute Gasteiger partial charge is 0.372 e. The van der Waals surface area contributed by atoms with E-state index in [-0.39, 0.29) is 11.8 Å². The number of benzene rings is 3. The second-order valence-electron chi connectivity index (χ2n) is 8.24. The van der Waals surface area contributed by atoms with Crippen LogP contribution in [0.15, 0.2) is 78.5 Å². The van der Waals surface area contributed by atoms with E-state index in [2.05, 4.69) is 24.1 Å². The van der Waals surface area contributed by atoms with Gasteiger partial charge in [0.1, 0.15) is 5.70 Å². The smallest absolute Gasteiger partial charge is 0.282 e. The fraction of sp³-hybridized carbons (Fsp3) is 0.214. The molecule has 0 saturated heterocycles. The van der Waals surface area contributed by atoms with E-state index in [1.807, 2.05) is 86.6 Å². The van der Waals surface area contributed by atoms with E-state index >= 15 is 0 Å². The highest BCUT2D eigenvalue weighted by Gasteiger charge is 2.40. The summed E-state index contributed by atoms with van der Waals surface area (Å²) in [5.74, 6) is -0.678. The number of anilines is 3. The third kappa shape index (κ3) is 4.40. The first kappa shape index (κ1) is 22.3. The summed E-state index contributed by atoms with van der Waals surface area (Å²) in [6.45, 7) is 9.97. The van der Waals surface area contributed by atoms with Crippen LogP contribution in [0.25, 0.3) is 5.57 Å². The molecule has 1 aliphatic heterocycles. The molecule has 2 amide bonds. The Kier molecular flexibility index (Phi) is 6.31. The summed E-state index contributed by atoms with van der Waals surface area (Å²) in [6, 6.07) is 23.0. The molecule has 0 spiro atoms. The molecule has 3 aromatic carbocycles. The van der Waals surface area contributed by atoms with Crippen LogP contribution >= 0.6 is 0 Å². The molecule has 33 heavy (non-hydrogen) atoms. The van der Waals surface area contributed by atoms with Crippen LogP contribution in [0.3, 0.4) is 0 Å². The normalized spacial score (nSPS) is 13.6. The van der Waals surface area contributed by atoms with E-state index in [1.54, 1.807) is 0 Å². The van der Waals surface area contributed by atoms with Gasteiger partial charge in [-0.3, -0.25) is 9.59 Å². The molecule has 0 atom stereocenters. The Morgan fingerprint density at radius 3 is 2.06 bits per heavy atom. The highest BCUT2D eigenvalue weighted by atomic mass is 16.2. The Bertz CT molecular complexity index is 1210. The summed E-state index contributed by atoms with van der Waals surface area (Å²) in [5, 5.41) is 3.23. The maximum Gasteiger partial charge on any atom is 0.282 e. The lowest BCUT2D eigenvalue weighted by Gasteiger charge is -2.22. The van der Waals surface area contributed by atoms with Crippen LogP contribution < -0.4 is 15.1 Å². The number of aryl methyl sites for hydroxylation is 2. The third-order valence-corrected chi connectivity index (χ3v) is 5.95. The lowest BCUT2D eigenvalue weighted by Crippen LogP contribution is -2.32. The lowest BCUT2D eigenvalue weighted by molar-refractivity contribution is -0.120. The number of nitrogens with one attached hydrogen (secondary N) is 1. The minimum Gasteiger partial charge on any atom is -0.372 e. The number of imide groups is 1. The van der Waals surface area contributed by atoms with Gasteiger partial charge in [0.2, 0.25) is 0 Å². The minimum atomic E-state index is -0.354. The summed E-state index contributed by atoms with van der Waals surface area (Å²) in [6.07, 6.45) is 0. The Hall–Kier alpha value is -3.86. The van der Waals surface area contributed by atoms with Gasteiger partial charge >= 0.3 is 0 Å². The highest BCUT2D eigenvalue weighted by Crippen LogP contribution is 2.34. The van der Waals surface area contributed by atoms with Crippen molar-refractivity contribution in [3.05, 3.63) is 95.2 Å². The van der Waals surface area contributed by atoms with Crippen LogP contribution in [0.2, 0.25) is 0 Å². The molecular formula is C28H29N3O2. The van der Waals surface area contributed by atoms with Crippen LogP contribution in [0.5, 0.6) is 0 Å². The quantitative estimate of drug-likeness (QED) is 0.491. The van der Waals surface area contributed by atoms with Gasteiger partial charge < -0.3 is 10.2 Å². The molecule has 5 heteroatoms. The van der Waals surface area contributed by atoms with Crippen molar-refractivity contribution < 1.29 is 9.59 Å². The summed E-state index contributed by atoms with van der Waals surface area (Å²) in [4.78, 5) is 30.6. The molecule has 1 N–H and O–H groups in total. The molecule has 0 aliphatic carbocycles. The second kappa shape index (κ2) is 9.33. The summed E-state index contributed by atoms with van der Waals surface area (Å²) in [5.41, 5.74) is 5.95. The van der Waals surface area contributed by atoms with Crippen LogP contribution in [0.4, 0.5) is 17.1 Å². The van der Waals surface area contributed by atoms with Crippen molar-refractivity contribution in [3.63, 3.8) is 0 Å². The standard InChI is InChI=1S/C28H29N3O2/c1-5-30(6-2)23-14-16-24(17-15-23)31-27(32)25(21-12-10-19(3)11-13-21)26(28(31)33)29-22-9-7-8-20(4)18-22/h7-18,29H,5-6H2,1-4H3. The van der Waals surface area contributed by atoms with Gasteiger partial charge in [-0.2, -0.15) is 0 Å². The van der Waals surface area contributed by atoms with Gasteiger partial charge in [-0.15, -0.1) is 0 Å². The van der Waals surface area contributed by atoms with Gasteiger partial charge in [0.05, 0.1) is 11.3 Å². The maximum absolute atomic E-state index is 13.6. The summed E-state index contributed by atoms with van der Waals surface area (Å²) < 4.78 is 0. The number of rotatable bonds is 7. The van der Waals surface area contributed by atoms with E-state index in [0.29, 0.717) is 17.0 Å². The van der Waals surface area contributed by atoms with Crippen LogP contribution in [-0.2, 0) is 9.59 Å². The molecule has 0 fully saturated rings. The average Bonchev–Trinajstić information content (AvgIpc) is 3.05. The molecule has 0 radical (unpaired) electrons. The van der Waals surface area contributed by atoms with Gasteiger partial charge in [0.25, 0.3) is 11.8 Å². The van der Waals surface area contributed by atoms with Crippen molar-refractivity contribution in [3.8, 4) is 0 Å². The molecule has 0 unspecified atom stereocenters. The molecular weight excluding hydrogens is 410 g/mol. The first-order valence-electron chi connectivity index (χ1n) is 11.3. The van der Waals surface area contributed by atoms with Crippen LogP contribution in [0.1, 0.15) is 30.5 Å². The molecule has 0 aromatic heterocycles. The molecule has 5 nitrogen and oxygen atoms in total. The number of amides is 2. The first-order valence-corrected chi connectivity index (χ1v) is 11.3. The van der Waals surface area contributed by atoms with E-state index < -0.39 is 0 Å². The van der Waals surface area contributed by atoms with Gasteiger partial charge in [-0.05, 0) is 75.2 Å². The number of nitrogens with zero attached hydrogens (tertiary/aromatic N) is 2. The van der Waals surface area contributed by atoms with E-state index in [4.69, 9.17) is 0 Å². The van der Waals surface area contributed by atoms with Gasteiger partial charge in [0, 0.05) is 24.5 Å². The maximum atomic E-state index is 13.6. The highest BCUT2D eigenvalue weighted by molar-refractivity contribution is 6.46. The predicted molar refractivity (Wildman–Crippen MR) is 135 cm³/mol.